The van der Waals surface area contributed by atoms with Gasteiger partial charge in [-0.1, -0.05) is 17.8 Å². The molecule has 0 N–H and O–H groups in total. The maximum atomic E-state index is 12.0. The second kappa shape index (κ2) is 7.32. The molecule has 26 heavy (non-hydrogen) atoms. The molecule has 7 heteroatoms. The van der Waals surface area contributed by atoms with Crippen LogP contribution >= 0.6 is 23.1 Å². The van der Waals surface area contributed by atoms with E-state index in [1.165, 1.54) is 17.3 Å². The smallest absolute Gasteiger partial charge is 0.277 e. The molecule has 0 saturated heterocycles. The highest BCUT2D eigenvalue weighted by Gasteiger charge is 2.18. The molecule has 0 unspecified atom stereocenters. The molecule has 2 aromatic heterocycles. The summed E-state index contributed by atoms with van der Waals surface area (Å²) in [4.78, 5) is 17.3. The maximum Gasteiger partial charge on any atom is 0.277 e. The van der Waals surface area contributed by atoms with Gasteiger partial charge < -0.3 is 4.42 Å². The number of thioether (sulfide) groups is 1. The van der Waals surface area contributed by atoms with E-state index in [2.05, 4.69) is 28.2 Å². The highest BCUT2D eigenvalue weighted by Crippen LogP contribution is 2.33. The van der Waals surface area contributed by atoms with Crippen molar-refractivity contribution in [2.24, 2.45) is 0 Å². The predicted octanol–water partition coefficient (Wildman–Crippen LogP) is 5.23. The van der Waals surface area contributed by atoms with E-state index in [1.807, 2.05) is 27.7 Å². The molecule has 0 spiro atoms. The van der Waals surface area contributed by atoms with Crippen LogP contribution in [-0.4, -0.2) is 21.0 Å². The highest BCUT2D eigenvalue weighted by molar-refractivity contribution is 7.98. The van der Waals surface area contributed by atoms with Crippen molar-refractivity contribution in [2.75, 3.05) is 0 Å². The van der Waals surface area contributed by atoms with Crippen molar-refractivity contribution in [1.29, 1.82) is 0 Å². The summed E-state index contributed by atoms with van der Waals surface area (Å²) in [5, 5.41) is 9.81. The third kappa shape index (κ3) is 3.59. The summed E-state index contributed by atoms with van der Waals surface area (Å²) in [7, 11) is 0. The van der Waals surface area contributed by atoms with E-state index in [4.69, 9.17) is 4.42 Å². The number of carbonyl (C=O) groups is 1. The summed E-state index contributed by atoms with van der Waals surface area (Å²) in [6.07, 6.45) is 0. The molecule has 5 nitrogen and oxygen atoms in total. The molecule has 0 amide bonds. The Morgan fingerprint density at radius 2 is 1.88 bits per heavy atom. The normalized spacial score (nSPS) is 11.2. The first-order chi connectivity index (χ1) is 12.3. The van der Waals surface area contributed by atoms with E-state index in [9.17, 15) is 4.79 Å². The molecule has 0 saturated carbocycles. The van der Waals surface area contributed by atoms with Gasteiger partial charge in [-0.05, 0) is 63.8 Å². The first-order valence-corrected chi connectivity index (χ1v) is 10.1. The third-order valence-corrected chi connectivity index (χ3v) is 6.23. The molecule has 1 aromatic carbocycles. The molecule has 3 aromatic rings. The molecular formula is C19H21N3O2S2. The Morgan fingerprint density at radius 3 is 2.50 bits per heavy atom. The van der Waals surface area contributed by atoms with Crippen molar-refractivity contribution in [3.8, 4) is 10.8 Å². The average Bonchev–Trinajstić information content (AvgIpc) is 3.12. The third-order valence-electron chi connectivity index (χ3n) is 4.33. The zero-order chi connectivity index (χ0) is 19.0. The van der Waals surface area contributed by atoms with Crippen LogP contribution in [0, 0.1) is 34.6 Å². The number of carbonyl (C=O) groups excluding carboxylic acids is 1. The zero-order valence-electron chi connectivity index (χ0n) is 15.8. The topological polar surface area (TPSA) is 68.9 Å². The first kappa shape index (κ1) is 18.8. The Morgan fingerprint density at radius 1 is 1.15 bits per heavy atom. The summed E-state index contributed by atoms with van der Waals surface area (Å²) in [6, 6.07) is 2.07. The Hall–Kier alpha value is -1.99. The van der Waals surface area contributed by atoms with E-state index in [0.717, 1.165) is 37.8 Å². The second-order valence-electron chi connectivity index (χ2n) is 6.35. The van der Waals surface area contributed by atoms with Crippen LogP contribution in [0.2, 0.25) is 0 Å². The Balaban J connectivity index is 1.83. The van der Waals surface area contributed by atoms with Gasteiger partial charge in [0.2, 0.25) is 0 Å². The van der Waals surface area contributed by atoms with Crippen molar-refractivity contribution in [3.05, 3.63) is 44.6 Å². The minimum absolute atomic E-state index is 0.0994. The number of hydrogen-bond acceptors (Lipinski definition) is 7. The molecule has 0 aliphatic rings. The van der Waals surface area contributed by atoms with Crippen LogP contribution in [0.15, 0.2) is 15.7 Å². The second-order valence-corrected chi connectivity index (χ2v) is 8.48. The van der Waals surface area contributed by atoms with Gasteiger partial charge in [0.25, 0.3) is 11.1 Å². The quantitative estimate of drug-likeness (QED) is 0.441. The predicted molar refractivity (Wildman–Crippen MR) is 105 cm³/mol. The molecule has 0 bridgehead atoms. The average molecular weight is 388 g/mol. The lowest BCUT2D eigenvalue weighted by Crippen LogP contribution is -2.05. The van der Waals surface area contributed by atoms with Crippen LogP contribution in [0.3, 0.4) is 0 Å². The lowest BCUT2D eigenvalue weighted by Gasteiger charge is -2.15. The van der Waals surface area contributed by atoms with Gasteiger partial charge in [-0.15, -0.1) is 21.5 Å². The summed E-state index contributed by atoms with van der Waals surface area (Å²) >= 11 is 3.04. The molecule has 3 rings (SSSR count). The molecule has 0 atom stereocenters. The fraction of sp³-hybridized carbons (Fsp3) is 0.368. The van der Waals surface area contributed by atoms with Crippen LogP contribution in [-0.2, 0) is 5.75 Å². The zero-order valence-corrected chi connectivity index (χ0v) is 17.4. The number of benzene rings is 1. The Labute approximate surface area is 161 Å². The van der Waals surface area contributed by atoms with E-state index in [0.29, 0.717) is 16.9 Å². The van der Waals surface area contributed by atoms with Gasteiger partial charge in [0, 0.05) is 11.3 Å². The van der Waals surface area contributed by atoms with Crippen LogP contribution in [0.25, 0.3) is 10.8 Å². The van der Waals surface area contributed by atoms with Gasteiger partial charge in [-0.2, -0.15) is 0 Å². The highest BCUT2D eigenvalue weighted by atomic mass is 32.2. The molecule has 0 aliphatic carbocycles. The van der Waals surface area contributed by atoms with Gasteiger partial charge in [-0.25, -0.2) is 4.98 Å². The van der Waals surface area contributed by atoms with Crippen LogP contribution in [0.1, 0.15) is 50.2 Å². The number of aryl methyl sites for hydroxylation is 4. The van der Waals surface area contributed by atoms with E-state index in [1.54, 1.807) is 18.3 Å². The molecule has 0 aliphatic heterocycles. The van der Waals surface area contributed by atoms with Crippen molar-refractivity contribution >= 4 is 28.9 Å². The summed E-state index contributed by atoms with van der Waals surface area (Å²) < 4.78 is 5.81. The minimum atomic E-state index is 0.0994. The molecular weight excluding hydrogens is 366 g/mol. The number of thiazole rings is 1. The van der Waals surface area contributed by atoms with Gasteiger partial charge in [0.05, 0.1) is 10.7 Å². The monoisotopic (exact) mass is 387 g/mol. The number of hydrogen-bond donors (Lipinski definition) is 0. The number of nitrogens with zero attached hydrogens (tertiary/aromatic N) is 3. The van der Waals surface area contributed by atoms with Crippen LogP contribution in [0.4, 0.5) is 0 Å². The fourth-order valence-corrected chi connectivity index (χ4v) is 5.00. The van der Waals surface area contributed by atoms with Gasteiger partial charge >= 0.3 is 0 Å². The number of aromatic nitrogens is 3. The van der Waals surface area contributed by atoms with Crippen molar-refractivity contribution in [3.63, 3.8) is 0 Å². The lowest BCUT2D eigenvalue weighted by atomic mass is 9.92. The standard InChI is InChI=1S/C19H21N3O2S2/c1-9-7-10(2)16(13(5)23)11(3)15(9)8-25-19-22-21-18(24-19)17-12(4)20-14(6)26-17/h7H,8H2,1-6H3. The number of Topliss-reactive ketones (excluding diaryl/α,β-unsaturated/α-hetero) is 1. The fourth-order valence-electron chi connectivity index (χ4n) is 3.21. The van der Waals surface area contributed by atoms with Crippen molar-refractivity contribution < 1.29 is 9.21 Å². The maximum absolute atomic E-state index is 12.0. The molecule has 136 valence electrons. The SMILES string of the molecule is CC(=O)c1c(C)cc(C)c(CSc2nnc(-c3sc(C)nc3C)o2)c1C. The number of rotatable bonds is 5. The minimum Gasteiger partial charge on any atom is -0.410 e. The molecule has 0 fully saturated rings. The summed E-state index contributed by atoms with van der Waals surface area (Å²) in [5.74, 6) is 1.29. The van der Waals surface area contributed by atoms with Gasteiger partial charge in [0.15, 0.2) is 5.78 Å². The van der Waals surface area contributed by atoms with Crippen LogP contribution < -0.4 is 0 Å². The summed E-state index contributed by atoms with van der Waals surface area (Å²) in [6.45, 7) is 11.6. The molecule has 0 radical (unpaired) electrons. The first-order valence-electron chi connectivity index (χ1n) is 8.29. The van der Waals surface area contributed by atoms with Gasteiger partial charge in [0.1, 0.15) is 4.88 Å². The van der Waals surface area contributed by atoms with E-state index >= 15 is 0 Å². The Bertz CT molecular complexity index is 989. The van der Waals surface area contributed by atoms with Gasteiger partial charge in [-0.3, -0.25) is 4.79 Å². The number of ketones is 1. The van der Waals surface area contributed by atoms with Crippen molar-refractivity contribution in [1.82, 2.24) is 15.2 Å². The molecule has 2 heterocycles. The van der Waals surface area contributed by atoms with E-state index in [-0.39, 0.29) is 5.78 Å². The van der Waals surface area contributed by atoms with Crippen molar-refractivity contribution in [2.45, 2.75) is 52.5 Å². The van der Waals surface area contributed by atoms with Crippen LogP contribution in [0.5, 0.6) is 0 Å². The summed E-state index contributed by atoms with van der Waals surface area (Å²) in [5.41, 5.74) is 6.10. The Kier molecular flexibility index (Phi) is 5.29. The largest absolute Gasteiger partial charge is 0.410 e. The lowest BCUT2D eigenvalue weighted by molar-refractivity contribution is 0.101. The van der Waals surface area contributed by atoms with E-state index < -0.39 is 0 Å².